The quantitative estimate of drug-likeness (QED) is 0.384. The van der Waals surface area contributed by atoms with E-state index in [1.165, 1.54) is 24.3 Å². The first-order valence-electron chi connectivity index (χ1n) is 8.55. The van der Waals surface area contributed by atoms with Crippen LogP contribution in [0.1, 0.15) is 57.9 Å². The van der Waals surface area contributed by atoms with Gasteiger partial charge in [-0.05, 0) is 31.0 Å². The third kappa shape index (κ3) is 8.13. The maximum absolute atomic E-state index is 12.2. The molecule has 0 spiro atoms. The lowest BCUT2D eigenvalue weighted by Gasteiger charge is -2.08. The zero-order valence-corrected chi connectivity index (χ0v) is 14.9. The minimum atomic E-state index is -4.93. The number of alkyl halides is 3. The summed E-state index contributed by atoms with van der Waals surface area (Å²) in [6, 6.07) is 5.71. The molecule has 1 rings (SSSR count). The molecular formula is C18H24F3N3O2. The van der Waals surface area contributed by atoms with E-state index in [1.54, 1.807) is 12.2 Å². The summed E-state index contributed by atoms with van der Waals surface area (Å²) in [5.74, 6) is -2.20. The maximum atomic E-state index is 12.2. The summed E-state index contributed by atoms with van der Waals surface area (Å²) in [4.78, 5) is 22.6. The van der Waals surface area contributed by atoms with Crippen LogP contribution in [0, 0.1) is 0 Å². The lowest BCUT2D eigenvalue weighted by atomic mass is 10.1. The Morgan fingerprint density at radius 3 is 2.23 bits per heavy atom. The van der Waals surface area contributed by atoms with Crippen molar-refractivity contribution in [1.82, 2.24) is 5.43 Å². The zero-order valence-electron chi connectivity index (χ0n) is 14.9. The van der Waals surface area contributed by atoms with Crippen molar-refractivity contribution >= 4 is 23.2 Å². The van der Waals surface area contributed by atoms with Gasteiger partial charge in [0, 0.05) is 12.1 Å². The highest BCUT2D eigenvalue weighted by Gasteiger charge is 2.38. The molecule has 0 fully saturated rings. The molecule has 0 heterocycles. The van der Waals surface area contributed by atoms with Crippen LogP contribution in [0.15, 0.2) is 29.4 Å². The van der Waals surface area contributed by atoms with Crippen molar-refractivity contribution in [2.45, 2.75) is 58.5 Å². The molecule has 5 nitrogen and oxygen atoms in total. The number of nitrogens with zero attached hydrogens (tertiary/aromatic N) is 1. The van der Waals surface area contributed by atoms with Crippen LogP contribution >= 0.6 is 0 Å². The molecule has 0 saturated heterocycles. The van der Waals surface area contributed by atoms with Crippen molar-refractivity contribution in [3.63, 3.8) is 0 Å². The van der Waals surface area contributed by atoms with E-state index >= 15 is 0 Å². The third-order valence-electron chi connectivity index (χ3n) is 3.67. The van der Waals surface area contributed by atoms with Crippen LogP contribution in [-0.2, 0) is 9.59 Å². The Labute approximate surface area is 151 Å². The standard InChI is InChI=1S/C18H24F3N3O2/c1-3-4-5-6-7-8-16(25)24-23-13(2)14-9-11-15(12-10-14)22-17(26)18(19,20)21/h9-12H,3-8H2,1-2H3,(H,22,26)(H,24,25). The van der Waals surface area contributed by atoms with Gasteiger partial charge in [-0.15, -0.1) is 0 Å². The van der Waals surface area contributed by atoms with Crippen LogP contribution in [0.4, 0.5) is 18.9 Å². The van der Waals surface area contributed by atoms with E-state index in [4.69, 9.17) is 0 Å². The number of amides is 2. The molecular weight excluding hydrogens is 347 g/mol. The number of carbonyl (C=O) groups excluding carboxylic acids is 2. The monoisotopic (exact) mass is 371 g/mol. The highest BCUT2D eigenvalue weighted by Crippen LogP contribution is 2.18. The number of hydrogen-bond acceptors (Lipinski definition) is 3. The van der Waals surface area contributed by atoms with Crippen LogP contribution in [0.25, 0.3) is 0 Å². The van der Waals surface area contributed by atoms with Gasteiger partial charge in [0.1, 0.15) is 0 Å². The number of anilines is 1. The van der Waals surface area contributed by atoms with Crippen molar-refractivity contribution in [3.8, 4) is 0 Å². The summed E-state index contributed by atoms with van der Waals surface area (Å²) < 4.78 is 36.6. The molecule has 0 aromatic heterocycles. The minimum Gasteiger partial charge on any atom is -0.318 e. The van der Waals surface area contributed by atoms with Crippen LogP contribution < -0.4 is 10.7 Å². The SMILES string of the molecule is CCCCCCCC(=O)NN=C(C)c1ccc(NC(=O)C(F)(F)F)cc1. The first-order chi connectivity index (χ1) is 12.2. The fourth-order valence-electron chi connectivity index (χ4n) is 2.15. The summed E-state index contributed by atoms with van der Waals surface area (Å²) in [5, 5.41) is 5.75. The normalized spacial score (nSPS) is 12.0. The van der Waals surface area contributed by atoms with Gasteiger partial charge in [0.2, 0.25) is 5.91 Å². The highest BCUT2D eigenvalue weighted by atomic mass is 19.4. The molecule has 8 heteroatoms. The maximum Gasteiger partial charge on any atom is 0.471 e. The van der Waals surface area contributed by atoms with Crippen molar-refractivity contribution in [3.05, 3.63) is 29.8 Å². The Morgan fingerprint density at radius 1 is 1.04 bits per heavy atom. The molecule has 0 bridgehead atoms. The van der Waals surface area contributed by atoms with Gasteiger partial charge in [-0.25, -0.2) is 5.43 Å². The van der Waals surface area contributed by atoms with Gasteiger partial charge >= 0.3 is 12.1 Å². The van der Waals surface area contributed by atoms with Crippen LogP contribution in [0.5, 0.6) is 0 Å². The van der Waals surface area contributed by atoms with Crippen molar-refractivity contribution < 1.29 is 22.8 Å². The lowest BCUT2D eigenvalue weighted by molar-refractivity contribution is -0.167. The van der Waals surface area contributed by atoms with E-state index in [-0.39, 0.29) is 11.6 Å². The number of carbonyl (C=O) groups is 2. The van der Waals surface area contributed by atoms with Crippen LogP contribution in [-0.4, -0.2) is 23.7 Å². The summed E-state index contributed by atoms with van der Waals surface area (Å²) in [6.07, 6.45) is 0.721. The molecule has 0 radical (unpaired) electrons. The Morgan fingerprint density at radius 2 is 1.65 bits per heavy atom. The summed E-state index contributed by atoms with van der Waals surface area (Å²) in [5.41, 5.74) is 3.63. The summed E-state index contributed by atoms with van der Waals surface area (Å²) in [7, 11) is 0. The Hall–Kier alpha value is -2.38. The fourth-order valence-corrected chi connectivity index (χ4v) is 2.15. The van der Waals surface area contributed by atoms with Crippen LogP contribution in [0.2, 0.25) is 0 Å². The summed E-state index contributed by atoms with van der Waals surface area (Å²) >= 11 is 0. The van der Waals surface area contributed by atoms with E-state index in [0.29, 0.717) is 17.7 Å². The van der Waals surface area contributed by atoms with Crippen LogP contribution in [0.3, 0.4) is 0 Å². The van der Waals surface area contributed by atoms with Crippen molar-refractivity contribution in [2.75, 3.05) is 5.32 Å². The number of hydrazone groups is 1. The fraction of sp³-hybridized carbons (Fsp3) is 0.500. The number of benzene rings is 1. The highest BCUT2D eigenvalue weighted by molar-refractivity contribution is 6.00. The summed E-state index contributed by atoms with van der Waals surface area (Å²) in [6.45, 7) is 3.80. The Kier molecular flexibility index (Phi) is 8.81. The van der Waals surface area contributed by atoms with E-state index in [0.717, 1.165) is 32.1 Å². The largest absolute Gasteiger partial charge is 0.471 e. The Balaban J connectivity index is 2.49. The molecule has 0 aliphatic carbocycles. The smallest absolute Gasteiger partial charge is 0.318 e. The van der Waals surface area contributed by atoms with Gasteiger partial charge in [-0.3, -0.25) is 9.59 Å². The van der Waals surface area contributed by atoms with Gasteiger partial charge in [0.15, 0.2) is 0 Å². The van der Waals surface area contributed by atoms with E-state index in [1.807, 2.05) is 0 Å². The second-order valence-electron chi connectivity index (χ2n) is 5.93. The molecule has 0 atom stereocenters. The minimum absolute atomic E-state index is 0.0278. The van der Waals surface area contributed by atoms with Crippen molar-refractivity contribution in [2.24, 2.45) is 5.10 Å². The molecule has 0 unspecified atom stereocenters. The van der Waals surface area contributed by atoms with Gasteiger partial charge in [-0.1, -0.05) is 44.7 Å². The number of unbranched alkanes of at least 4 members (excludes halogenated alkanes) is 4. The predicted octanol–water partition coefficient (Wildman–Crippen LogP) is 4.39. The second kappa shape index (κ2) is 10.6. The topological polar surface area (TPSA) is 70.6 Å². The first kappa shape index (κ1) is 21.7. The molecule has 2 N–H and O–H groups in total. The van der Waals surface area contributed by atoms with Gasteiger partial charge in [-0.2, -0.15) is 18.3 Å². The average Bonchev–Trinajstić information content (AvgIpc) is 2.59. The number of halogens is 3. The van der Waals surface area contributed by atoms with Gasteiger partial charge in [0.25, 0.3) is 0 Å². The van der Waals surface area contributed by atoms with E-state index in [2.05, 4.69) is 17.5 Å². The second-order valence-corrected chi connectivity index (χ2v) is 5.93. The first-order valence-corrected chi connectivity index (χ1v) is 8.55. The lowest BCUT2D eigenvalue weighted by Crippen LogP contribution is -2.29. The molecule has 26 heavy (non-hydrogen) atoms. The molecule has 2 amide bonds. The number of hydrogen-bond donors (Lipinski definition) is 2. The van der Waals surface area contributed by atoms with E-state index < -0.39 is 12.1 Å². The molecule has 144 valence electrons. The van der Waals surface area contributed by atoms with Gasteiger partial charge < -0.3 is 5.32 Å². The molecule has 0 aliphatic heterocycles. The zero-order chi connectivity index (χ0) is 19.6. The molecule has 1 aromatic carbocycles. The third-order valence-corrected chi connectivity index (χ3v) is 3.67. The molecule has 0 aliphatic rings. The molecule has 0 saturated carbocycles. The molecule has 1 aromatic rings. The predicted molar refractivity (Wildman–Crippen MR) is 94.9 cm³/mol. The van der Waals surface area contributed by atoms with Gasteiger partial charge in [0.05, 0.1) is 5.71 Å². The number of nitrogens with one attached hydrogen (secondary N) is 2. The van der Waals surface area contributed by atoms with E-state index in [9.17, 15) is 22.8 Å². The number of rotatable bonds is 9. The Bertz CT molecular complexity index is 626. The average molecular weight is 371 g/mol. The van der Waals surface area contributed by atoms with Crippen molar-refractivity contribution in [1.29, 1.82) is 0 Å².